The second kappa shape index (κ2) is 11.4. The zero-order valence-corrected chi connectivity index (χ0v) is 21.1. The van der Waals surface area contributed by atoms with Crippen LogP contribution in [0.1, 0.15) is 50.9 Å². The molecule has 188 valence electrons. The summed E-state index contributed by atoms with van der Waals surface area (Å²) in [5, 5.41) is 0. The van der Waals surface area contributed by atoms with Crippen LogP contribution in [0.2, 0.25) is 0 Å². The molecule has 0 atom stereocenters. The first kappa shape index (κ1) is 25.5. The lowest BCUT2D eigenvalue weighted by Crippen LogP contribution is -2.40. The number of hydrogen-bond donors (Lipinski definition) is 0. The van der Waals surface area contributed by atoms with E-state index in [1.165, 1.54) is 35.6 Å². The number of aromatic nitrogens is 1. The molecule has 0 radical (unpaired) electrons. The van der Waals surface area contributed by atoms with Gasteiger partial charge >= 0.3 is 5.97 Å². The van der Waals surface area contributed by atoms with E-state index in [0.717, 1.165) is 10.4 Å². The Morgan fingerprint density at radius 3 is 2.50 bits per heavy atom. The van der Waals surface area contributed by atoms with Gasteiger partial charge in [0.2, 0.25) is 0 Å². The maximum Gasteiger partial charge on any atom is 0.309 e. The number of esters is 1. The summed E-state index contributed by atoms with van der Waals surface area (Å²) in [4.78, 5) is 45.2. The van der Waals surface area contributed by atoms with E-state index in [0.29, 0.717) is 55.0 Å². The van der Waals surface area contributed by atoms with Crippen LogP contribution in [0.25, 0.3) is 0 Å². The van der Waals surface area contributed by atoms with Gasteiger partial charge in [0.25, 0.3) is 11.8 Å². The molecule has 0 saturated carbocycles. The number of rotatable bonds is 6. The lowest BCUT2D eigenvalue weighted by atomic mass is 9.96. The Morgan fingerprint density at radius 1 is 1.08 bits per heavy atom. The fraction of sp³-hybridized carbons (Fsp3) is 0.333. The number of piperidine rings is 1. The van der Waals surface area contributed by atoms with Crippen molar-refractivity contribution in [1.82, 2.24) is 9.47 Å². The Bertz CT molecular complexity index is 1320. The first-order chi connectivity index (χ1) is 17.3. The fourth-order valence-electron chi connectivity index (χ4n) is 4.21. The molecule has 0 unspecified atom stereocenters. The van der Waals surface area contributed by atoms with Crippen molar-refractivity contribution in [3.8, 4) is 0 Å². The number of ether oxygens (including phenoxy) is 1. The standard InChI is InChI=1S/C27H28FN3O4S/c1-3-35-26(34)21-11-13-30(14-12-21)25(33)22-6-4-5-19(15-22)17-31-16-18(2)36-27(31)29-24(32)20-7-9-23(28)10-8-20/h4-10,15-16,21H,3,11-14,17H2,1-2H3. The predicted molar refractivity (Wildman–Crippen MR) is 134 cm³/mol. The summed E-state index contributed by atoms with van der Waals surface area (Å²) in [7, 11) is 0. The van der Waals surface area contributed by atoms with E-state index in [4.69, 9.17) is 4.74 Å². The molecule has 36 heavy (non-hydrogen) atoms. The minimum absolute atomic E-state index is 0.0675. The Hall–Kier alpha value is -3.59. The van der Waals surface area contributed by atoms with Crippen LogP contribution in [0.4, 0.5) is 4.39 Å². The number of hydrogen-bond acceptors (Lipinski definition) is 5. The minimum Gasteiger partial charge on any atom is -0.466 e. The van der Waals surface area contributed by atoms with Crippen LogP contribution in [-0.4, -0.2) is 46.9 Å². The molecule has 9 heteroatoms. The summed E-state index contributed by atoms with van der Waals surface area (Å²) >= 11 is 1.39. The largest absolute Gasteiger partial charge is 0.466 e. The van der Waals surface area contributed by atoms with Crippen molar-refractivity contribution in [2.24, 2.45) is 10.9 Å². The van der Waals surface area contributed by atoms with Gasteiger partial charge in [0.05, 0.1) is 12.5 Å². The topological polar surface area (TPSA) is 81.0 Å². The van der Waals surface area contributed by atoms with Crippen molar-refractivity contribution in [2.75, 3.05) is 19.7 Å². The predicted octanol–water partition coefficient (Wildman–Crippen LogP) is 4.20. The number of thiazole rings is 1. The highest BCUT2D eigenvalue weighted by molar-refractivity contribution is 7.09. The molecule has 0 aliphatic carbocycles. The number of carbonyl (C=O) groups is 3. The summed E-state index contributed by atoms with van der Waals surface area (Å²) < 4.78 is 20.2. The molecule has 2 amide bonds. The monoisotopic (exact) mass is 509 g/mol. The van der Waals surface area contributed by atoms with E-state index in [-0.39, 0.29) is 17.8 Å². The molecule has 1 aliphatic rings. The smallest absolute Gasteiger partial charge is 0.309 e. The number of amides is 2. The molecule has 4 rings (SSSR count). The molecule has 7 nitrogen and oxygen atoms in total. The third-order valence-electron chi connectivity index (χ3n) is 6.05. The maximum atomic E-state index is 13.2. The molecule has 1 fully saturated rings. The average Bonchev–Trinajstić information content (AvgIpc) is 3.22. The second-order valence-corrected chi connectivity index (χ2v) is 9.91. The van der Waals surface area contributed by atoms with Gasteiger partial charge in [-0.15, -0.1) is 11.3 Å². The van der Waals surface area contributed by atoms with Crippen molar-refractivity contribution in [1.29, 1.82) is 0 Å². The van der Waals surface area contributed by atoms with Gasteiger partial charge in [0, 0.05) is 41.8 Å². The van der Waals surface area contributed by atoms with Crippen LogP contribution in [-0.2, 0) is 16.1 Å². The van der Waals surface area contributed by atoms with Crippen molar-refractivity contribution >= 4 is 29.1 Å². The molecular weight excluding hydrogens is 481 g/mol. The van der Waals surface area contributed by atoms with Crippen molar-refractivity contribution in [3.63, 3.8) is 0 Å². The van der Waals surface area contributed by atoms with Gasteiger partial charge < -0.3 is 14.2 Å². The van der Waals surface area contributed by atoms with Gasteiger partial charge in [-0.1, -0.05) is 12.1 Å². The summed E-state index contributed by atoms with van der Waals surface area (Å²) in [6.45, 7) is 5.55. The summed E-state index contributed by atoms with van der Waals surface area (Å²) in [5.41, 5.74) is 1.79. The molecule has 1 aliphatic heterocycles. The van der Waals surface area contributed by atoms with E-state index in [9.17, 15) is 18.8 Å². The molecular formula is C27H28FN3O4S. The van der Waals surface area contributed by atoms with Crippen LogP contribution < -0.4 is 4.80 Å². The van der Waals surface area contributed by atoms with E-state index >= 15 is 0 Å². The highest BCUT2D eigenvalue weighted by Gasteiger charge is 2.28. The summed E-state index contributed by atoms with van der Waals surface area (Å²) in [5.74, 6) is -1.26. The number of benzene rings is 2. The van der Waals surface area contributed by atoms with Gasteiger partial charge in [-0.05, 0) is 68.7 Å². The molecule has 0 N–H and O–H groups in total. The number of halogens is 1. The Morgan fingerprint density at radius 2 is 1.81 bits per heavy atom. The SMILES string of the molecule is CCOC(=O)C1CCN(C(=O)c2cccc(Cn3cc(C)sc3=NC(=O)c3ccc(F)cc3)c2)CC1. The first-order valence-corrected chi connectivity index (χ1v) is 12.7. The zero-order chi connectivity index (χ0) is 25.7. The third kappa shape index (κ3) is 6.15. The van der Waals surface area contributed by atoms with Crippen molar-refractivity contribution in [2.45, 2.75) is 33.2 Å². The fourth-order valence-corrected chi connectivity index (χ4v) is 5.04. The van der Waals surface area contributed by atoms with Crippen LogP contribution in [0.5, 0.6) is 0 Å². The first-order valence-electron chi connectivity index (χ1n) is 11.9. The molecule has 0 spiro atoms. The van der Waals surface area contributed by atoms with Gasteiger partial charge in [-0.3, -0.25) is 14.4 Å². The molecule has 3 aromatic rings. The van der Waals surface area contributed by atoms with E-state index < -0.39 is 11.7 Å². The van der Waals surface area contributed by atoms with E-state index in [1.807, 2.05) is 35.9 Å². The molecule has 2 heterocycles. The third-order valence-corrected chi connectivity index (χ3v) is 6.99. The van der Waals surface area contributed by atoms with Gasteiger partial charge in [-0.25, -0.2) is 4.39 Å². The number of aryl methyl sites for hydroxylation is 1. The number of carbonyl (C=O) groups excluding carboxylic acids is 3. The lowest BCUT2D eigenvalue weighted by Gasteiger charge is -2.31. The number of nitrogens with zero attached hydrogens (tertiary/aromatic N) is 3. The molecule has 0 bridgehead atoms. The molecule has 1 saturated heterocycles. The van der Waals surface area contributed by atoms with E-state index in [1.54, 1.807) is 17.9 Å². The van der Waals surface area contributed by atoms with Crippen LogP contribution >= 0.6 is 11.3 Å². The average molecular weight is 510 g/mol. The van der Waals surface area contributed by atoms with Gasteiger partial charge in [0.1, 0.15) is 5.82 Å². The van der Waals surface area contributed by atoms with Crippen LogP contribution in [0, 0.1) is 18.7 Å². The van der Waals surface area contributed by atoms with Crippen LogP contribution in [0.15, 0.2) is 59.7 Å². The van der Waals surface area contributed by atoms with E-state index in [2.05, 4.69) is 4.99 Å². The van der Waals surface area contributed by atoms with Gasteiger partial charge in [-0.2, -0.15) is 4.99 Å². The zero-order valence-electron chi connectivity index (χ0n) is 20.3. The quantitative estimate of drug-likeness (QED) is 0.467. The van der Waals surface area contributed by atoms with Crippen molar-refractivity contribution in [3.05, 3.63) is 86.9 Å². The molecule has 2 aromatic carbocycles. The maximum absolute atomic E-state index is 13.2. The second-order valence-electron chi connectivity index (χ2n) is 8.70. The van der Waals surface area contributed by atoms with Crippen LogP contribution in [0.3, 0.4) is 0 Å². The minimum atomic E-state index is -0.444. The highest BCUT2D eigenvalue weighted by atomic mass is 32.1. The Labute approximate surface area is 212 Å². The Balaban J connectivity index is 1.47. The van der Waals surface area contributed by atoms with Crippen molar-refractivity contribution < 1.29 is 23.5 Å². The Kier molecular flexibility index (Phi) is 8.10. The summed E-state index contributed by atoms with van der Waals surface area (Å²) in [6.07, 6.45) is 3.11. The normalized spacial score (nSPS) is 14.6. The molecule has 1 aromatic heterocycles. The lowest BCUT2D eigenvalue weighted by molar-refractivity contribution is -0.149. The number of likely N-dealkylation sites (tertiary alicyclic amines) is 1. The van der Waals surface area contributed by atoms with Gasteiger partial charge in [0.15, 0.2) is 4.80 Å². The highest BCUT2D eigenvalue weighted by Crippen LogP contribution is 2.21. The summed E-state index contributed by atoms with van der Waals surface area (Å²) in [6, 6.07) is 12.7.